The van der Waals surface area contributed by atoms with Crippen LogP contribution < -0.4 is 5.69 Å². The Kier molecular flexibility index (Phi) is 6.65. The van der Waals surface area contributed by atoms with E-state index in [1.165, 1.54) is 7.11 Å². The molecule has 1 aliphatic heterocycles. The van der Waals surface area contributed by atoms with Gasteiger partial charge >= 0.3 is 11.7 Å². The van der Waals surface area contributed by atoms with Crippen LogP contribution in [0, 0.1) is 0 Å². The number of nitrogens with zero attached hydrogens (tertiary/aromatic N) is 3. The van der Waals surface area contributed by atoms with Crippen LogP contribution in [-0.4, -0.2) is 46.1 Å². The van der Waals surface area contributed by atoms with E-state index in [-0.39, 0.29) is 18.1 Å². The summed E-state index contributed by atoms with van der Waals surface area (Å²) in [6, 6.07) is 19.5. The van der Waals surface area contributed by atoms with Gasteiger partial charge in [-0.15, -0.1) is 0 Å². The van der Waals surface area contributed by atoms with Gasteiger partial charge in [0.1, 0.15) is 0 Å². The second-order valence-electron chi connectivity index (χ2n) is 8.93. The number of amides is 1. The van der Waals surface area contributed by atoms with Crippen LogP contribution in [0.1, 0.15) is 45.5 Å². The predicted octanol–water partition coefficient (Wildman–Crippen LogP) is 4.91. The van der Waals surface area contributed by atoms with Crippen LogP contribution in [0.5, 0.6) is 0 Å². The van der Waals surface area contributed by atoms with E-state index < -0.39 is 5.97 Å². The lowest BCUT2D eigenvalue weighted by molar-refractivity contribution is 0.0600. The summed E-state index contributed by atoms with van der Waals surface area (Å²) in [5, 5.41) is 0.512. The highest BCUT2D eigenvalue weighted by atomic mass is 35.5. The molecule has 7 nitrogen and oxygen atoms in total. The molecule has 0 spiro atoms. The molecule has 2 heterocycles. The number of fused-ring (bicyclic) bond motifs is 1. The van der Waals surface area contributed by atoms with Crippen molar-refractivity contribution in [3.63, 3.8) is 0 Å². The summed E-state index contributed by atoms with van der Waals surface area (Å²) >= 11 is 6.30. The van der Waals surface area contributed by atoms with Crippen molar-refractivity contribution in [2.24, 2.45) is 0 Å². The number of aromatic nitrogens is 2. The lowest BCUT2D eigenvalue weighted by atomic mass is 10.1. The molecule has 0 unspecified atom stereocenters. The fourth-order valence-electron chi connectivity index (χ4n) is 4.76. The van der Waals surface area contributed by atoms with Gasteiger partial charge in [-0.2, -0.15) is 0 Å². The highest BCUT2D eigenvalue weighted by Crippen LogP contribution is 2.24. The quantitative estimate of drug-likeness (QED) is 0.363. The van der Waals surface area contributed by atoms with Crippen molar-refractivity contribution in [3.8, 4) is 5.69 Å². The topological polar surface area (TPSA) is 73.5 Å². The fraction of sp³-hybridized carbons (Fsp3) is 0.250. The largest absolute Gasteiger partial charge is 0.465 e. The summed E-state index contributed by atoms with van der Waals surface area (Å²) in [5.74, 6) is -0.415. The molecule has 1 aromatic heterocycles. The first-order valence-electron chi connectivity index (χ1n) is 11.9. The van der Waals surface area contributed by atoms with Gasteiger partial charge in [0.25, 0.3) is 5.91 Å². The maximum atomic E-state index is 13.7. The number of carbonyl (C=O) groups excluding carboxylic acids is 2. The minimum absolute atomic E-state index is 0.0181. The monoisotopic (exact) mass is 503 g/mol. The van der Waals surface area contributed by atoms with Crippen molar-refractivity contribution in [1.29, 1.82) is 0 Å². The zero-order valence-electron chi connectivity index (χ0n) is 19.9. The van der Waals surface area contributed by atoms with E-state index in [2.05, 4.69) is 0 Å². The van der Waals surface area contributed by atoms with E-state index in [0.29, 0.717) is 32.9 Å². The van der Waals surface area contributed by atoms with Gasteiger partial charge in [0, 0.05) is 23.7 Å². The number of piperidine rings is 1. The predicted molar refractivity (Wildman–Crippen MR) is 139 cm³/mol. The zero-order valence-corrected chi connectivity index (χ0v) is 20.7. The second-order valence-corrected chi connectivity index (χ2v) is 9.37. The Bertz CT molecular complexity index is 1500. The standard InChI is InChI=1S/C28H26ClN3O4/c1-36-27(34)21-7-5-6-19(16-21)18-31-24-13-10-22(29)17-25(24)32(28(31)35)23-11-8-20(9-12-23)26(33)30-14-3-2-4-15-30/h5-13,16-17H,2-4,14-15,18H2,1H3. The molecule has 0 bridgehead atoms. The Morgan fingerprint density at radius 2 is 1.64 bits per heavy atom. The maximum Gasteiger partial charge on any atom is 0.337 e. The molecule has 1 saturated heterocycles. The molecule has 0 N–H and O–H groups in total. The number of imidazole rings is 1. The molecule has 0 atom stereocenters. The molecule has 0 saturated carbocycles. The molecule has 1 fully saturated rings. The first-order valence-corrected chi connectivity index (χ1v) is 12.3. The van der Waals surface area contributed by atoms with Crippen LogP contribution in [0.3, 0.4) is 0 Å². The molecular formula is C28H26ClN3O4. The molecule has 0 radical (unpaired) electrons. The highest BCUT2D eigenvalue weighted by Gasteiger charge is 2.20. The van der Waals surface area contributed by atoms with E-state index in [0.717, 1.165) is 37.9 Å². The van der Waals surface area contributed by atoms with Crippen molar-refractivity contribution >= 4 is 34.5 Å². The molecule has 1 amide bonds. The number of methoxy groups -OCH3 is 1. The van der Waals surface area contributed by atoms with E-state index in [1.54, 1.807) is 63.7 Å². The van der Waals surface area contributed by atoms with Gasteiger partial charge in [-0.25, -0.2) is 9.59 Å². The minimum Gasteiger partial charge on any atom is -0.465 e. The summed E-state index contributed by atoms with van der Waals surface area (Å²) in [7, 11) is 1.34. The molecule has 8 heteroatoms. The van der Waals surface area contributed by atoms with Crippen LogP contribution in [0.4, 0.5) is 0 Å². The van der Waals surface area contributed by atoms with Crippen LogP contribution in [0.2, 0.25) is 5.02 Å². The van der Waals surface area contributed by atoms with E-state index >= 15 is 0 Å². The lowest BCUT2D eigenvalue weighted by Crippen LogP contribution is -2.35. The number of hydrogen-bond acceptors (Lipinski definition) is 4. The van der Waals surface area contributed by atoms with E-state index in [4.69, 9.17) is 16.3 Å². The zero-order chi connectivity index (χ0) is 25.2. The Hall–Kier alpha value is -3.84. The first-order chi connectivity index (χ1) is 17.5. The molecule has 0 aliphatic carbocycles. The number of benzene rings is 3. The SMILES string of the molecule is COC(=O)c1cccc(Cn2c(=O)n(-c3ccc(C(=O)N4CCCCC4)cc3)c3cc(Cl)ccc32)c1. The second kappa shape index (κ2) is 10.0. The summed E-state index contributed by atoms with van der Waals surface area (Å²) in [5.41, 5.74) is 3.58. The molecular weight excluding hydrogens is 478 g/mol. The number of likely N-dealkylation sites (tertiary alicyclic amines) is 1. The fourth-order valence-corrected chi connectivity index (χ4v) is 4.93. The Balaban J connectivity index is 1.53. The maximum absolute atomic E-state index is 13.7. The van der Waals surface area contributed by atoms with E-state index in [1.807, 2.05) is 17.0 Å². The third-order valence-electron chi connectivity index (χ3n) is 6.60. The summed E-state index contributed by atoms with van der Waals surface area (Å²) in [6.07, 6.45) is 3.22. The van der Waals surface area contributed by atoms with Crippen LogP contribution in [0.25, 0.3) is 16.7 Å². The normalized spacial score (nSPS) is 13.7. The van der Waals surface area contributed by atoms with Gasteiger partial charge in [-0.05, 0) is 79.4 Å². The summed E-state index contributed by atoms with van der Waals surface area (Å²) in [4.78, 5) is 40.4. The number of hydrogen-bond donors (Lipinski definition) is 0. The van der Waals surface area contributed by atoms with Crippen molar-refractivity contribution < 1.29 is 14.3 Å². The molecule has 36 heavy (non-hydrogen) atoms. The third-order valence-corrected chi connectivity index (χ3v) is 6.83. The highest BCUT2D eigenvalue weighted by molar-refractivity contribution is 6.31. The summed E-state index contributed by atoms with van der Waals surface area (Å²) in [6.45, 7) is 1.83. The van der Waals surface area contributed by atoms with E-state index in [9.17, 15) is 14.4 Å². The van der Waals surface area contributed by atoms with Gasteiger partial charge in [0.15, 0.2) is 0 Å². The minimum atomic E-state index is -0.433. The van der Waals surface area contributed by atoms with Gasteiger partial charge in [-0.3, -0.25) is 13.9 Å². The number of ether oxygens (including phenoxy) is 1. The van der Waals surface area contributed by atoms with Crippen molar-refractivity contribution in [1.82, 2.24) is 14.0 Å². The molecule has 184 valence electrons. The van der Waals surface area contributed by atoms with Crippen molar-refractivity contribution in [2.75, 3.05) is 20.2 Å². The van der Waals surface area contributed by atoms with Gasteiger partial charge < -0.3 is 9.64 Å². The number of halogens is 1. The van der Waals surface area contributed by atoms with Gasteiger partial charge in [0.05, 0.1) is 35.9 Å². The summed E-state index contributed by atoms with van der Waals surface area (Å²) < 4.78 is 8.07. The van der Waals surface area contributed by atoms with Crippen molar-refractivity contribution in [2.45, 2.75) is 25.8 Å². The van der Waals surface area contributed by atoms with Crippen LogP contribution in [0.15, 0.2) is 71.5 Å². The lowest BCUT2D eigenvalue weighted by Gasteiger charge is -2.26. The average Bonchev–Trinajstić information content (AvgIpc) is 3.18. The van der Waals surface area contributed by atoms with Crippen molar-refractivity contribution in [3.05, 3.63) is 98.9 Å². The number of esters is 1. The Labute approximate surface area is 213 Å². The van der Waals surface area contributed by atoms with Crippen LogP contribution >= 0.6 is 11.6 Å². The molecule has 5 rings (SSSR count). The number of carbonyl (C=O) groups is 2. The molecule has 3 aromatic carbocycles. The van der Waals surface area contributed by atoms with Crippen LogP contribution in [-0.2, 0) is 11.3 Å². The smallest absolute Gasteiger partial charge is 0.337 e. The Morgan fingerprint density at radius 3 is 2.36 bits per heavy atom. The van der Waals surface area contributed by atoms with Gasteiger partial charge in [-0.1, -0.05) is 23.7 Å². The average molecular weight is 504 g/mol. The third kappa shape index (κ3) is 4.54. The molecule has 1 aliphatic rings. The molecule has 4 aromatic rings. The Morgan fingerprint density at radius 1 is 0.889 bits per heavy atom. The first kappa shape index (κ1) is 23.9. The number of rotatable bonds is 5. The van der Waals surface area contributed by atoms with Gasteiger partial charge in [0.2, 0.25) is 0 Å².